The first-order chi connectivity index (χ1) is 10.2. The van der Waals surface area contributed by atoms with E-state index in [4.69, 9.17) is 0 Å². The van der Waals surface area contributed by atoms with Crippen molar-refractivity contribution in [1.29, 1.82) is 0 Å². The molecule has 23 heavy (non-hydrogen) atoms. The molecule has 1 amide bonds. The Balaban J connectivity index is 0.00000242. The summed E-state index contributed by atoms with van der Waals surface area (Å²) in [4.78, 5) is 19.7. The standard InChI is InChI=1S/C16H24N4O.2ClH/c1-3-4-6-15-19-13-9-8-12(11-14(13)20-15)18-16(21)7-5-10-17-2;;/h8-9,11,17H,3-7,10H2,1-2H3,(H,18,21)(H,19,20);2*1H. The topological polar surface area (TPSA) is 69.8 Å². The third-order valence-corrected chi connectivity index (χ3v) is 3.41. The van der Waals surface area contributed by atoms with Crippen LogP contribution in [0.3, 0.4) is 0 Å². The highest BCUT2D eigenvalue weighted by Crippen LogP contribution is 2.18. The van der Waals surface area contributed by atoms with Gasteiger partial charge >= 0.3 is 0 Å². The number of hydrogen-bond donors (Lipinski definition) is 3. The molecule has 0 aliphatic heterocycles. The molecule has 2 aromatic rings. The van der Waals surface area contributed by atoms with E-state index in [-0.39, 0.29) is 30.7 Å². The van der Waals surface area contributed by atoms with Crippen molar-refractivity contribution in [2.24, 2.45) is 0 Å². The number of benzene rings is 1. The van der Waals surface area contributed by atoms with Crippen molar-refractivity contribution in [3.63, 3.8) is 0 Å². The number of carbonyl (C=O) groups excluding carboxylic acids is 1. The zero-order chi connectivity index (χ0) is 15.1. The molecule has 0 bridgehead atoms. The van der Waals surface area contributed by atoms with Crippen molar-refractivity contribution < 1.29 is 4.79 Å². The van der Waals surface area contributed by atoms with Gasteiger partial charge in [-0.3, -0.25) is 4.79 Å². The molecular weight excluding hydrogens is 335 g/mol. The maximum Gasteiger partial charge on any atom is 0.224 e. The number of hydrogen-bond acceptors (Lipinski definition) is 3. The molecule has 0 aliphatic rings. The molecule has 3 N–H and O–H groups in total. The van der Waals surface area contributed by atoms with E-state index in [0.717, 1.165) is 54.8 Å². The van der Waals surface area contributed by atoms with Gasteiger partial charge in [-0.05, 0) is 44.6 Å². The van der Waals surface area contributed by atoms with E-state index in [1.54, 1.807) is 0 Å². The Morgan fingerprint density at radius 1 is 1.26 bits per heavy atom. The minimum atomic E-state index is 0. The summed E-state index contributed by atoms with van der Waals surface area (Å²) in [5, 5.41) is 5.97. The fraction of sp³-hybridized carbons (Fsp3) is 0.500. The molecule has 5 nitrogen and oxygen atoms in total. The molecule has 1 aromatic heterocycles. The van der Waals surface area contributed by atoms with Crippen LogP contribution in [0.5, 0.6) is 0 Å². The quantitative estimate of drug-likeness (QED) is 0.628. The number of fused-ring (bicyclic) bond motifs is 1. The van der Waals surface area contributed by atoms with E-state index in [1.165, 1.54) is 0 Å². The first-order valence-electron chi connectivity index (χ1n) is 7.66. The predicted molar refractivity (Wildman–Crippen MR) is 101 cm³/mol. The molecule has 1 heterocycles. The van der Waals surface area contributed by atoms with Crippen LogP contribution in [-0.2, 0) is 11.2 Å². The maximum atomic E-state index is 11.8. The summed E-state index contributed by atoms with van der Waals surface area (Å²) >= 11 is 0. The largest absolute Gasteiger partial charge is 0.342 e. The molecule has 0 aliphatic carbocycles. The number of nitrogens with zero attached hydrogens (tertiary/aromatic N) is 1. The summed E-state index contributed by atoms with van der Waals surface area (Å²) in [6.07, 6.45) is 4.64. The normalized spacial score (nSPS) is 10.0. The van der Waals surface area contributed by atoms with Gasteiger partial charge in [0.05, 0.1) is 11.0 Å². The smallest absolute Gasteiger partial charge is 0.224 e. The zero-order valence-corrected chi connectivity index (χ0v) is 15.3. The molecule has 0 fully saturated rings. The molecule has 0 radical (unpaired) electrons. The van der Waals surface area contributed by atoms with Gasteiger partial charge < -0.3 is 15.6 Å². The number of imidazole rings is 1. The summed E-state index contributed by atoms with van der Waals surface area (Å²) in [7, 11) is 1.89. The monoisotopic (exact) mass is 360 g/mol. The number of rotatable bonds is 8. The average molecular weight is 361 g/mol. The number of aromatic amines is 1. The van der Waals surface area contributed by atoms with Gasteiger partial charge in [0.15, 0.2) is 0 Å². The lowest BCUT2D eigenvalue weighted by molar-refractivity contribution is -0.116. The van der Waals surface area contributed by atoms with Crippen LogP contribution in [-0.4, -0.2) is 29.5 Å². The molecule has 7 heteroatoms. The number of nitrogens with one attached hydrogen (secondary N) is 3. The lowest BCUT2D eigenvalue weighted by Gasteiger charge is -2.04. The zero-order valence-electron chi connectivity index (χ0n) is 13.6. The number of anilines is 1. The number of amides is 1. The van der Waals surface area contributed by atoms with Gasteiger partial charge in [-0.2, -0.15) is 0 Å². The van der Waals surface area contributed by atoms with Crippen molar-refractivity contribution in [3.8, 4) is 0 Å². The Morgan fingerprint density at radius 3 is 2.74 bits per heavy atom. The first-order valence-corrected chi connectivity index (χ1v) is 7.66. The predicted octanol–water partition coefficient (Wildman–Crippen LogP) is 3.69. The Morgan fingerprint density at radius 2 is 2.04 bits per heavy atom. The Labute approximate surface area is 149 Å². The SMILES string of the molecule is CCCCc1nc2ccc(NC(=O)CCCNC)cc2[nH]1.Cl.Cl. The van der Waals surface area contributed by atoms with Crippen LogP contribution in [0.1, 0.15) is 38.4 Å². The van der Waals surface area contributed by atoms with Gasteiger partial charge in [-0.15, -0.1) is 24.8 Å². The van der Waals surface area contributed by atoms with E-state index in [9.17, 15) is 4.79 Å². The van der Waals surface area contributed by atoms with Gasteiger partial charge in [-0.1, -0.05) is 13.3 Å². The summed E-state index contributed by atoms with van der Waals surface area (Å²) in [6, 6.07) is 5.81. The van der Waals surface area contributed by atoms with Crippen LogP contribution in [0.2, 0.25) is 0 Å². The lowest BCUT2D eigenvalue weighted by atomic mass is 10.2. The van der Waals surface area contributed by atoms with Crippen molar-refractivity contribution in [2.75, 3.05) is 18.9 Å². The lowest BCUT2D eigenvalue weighted by Crippen LogP contribution is -2.15. The fourth-order valence-electron chi connectivity index (χ4n) is 2.25. The van der Waals surface area contributed by atoms with E-state index in [1.807, 2.05) is 25.2 Å². The Hall–Kier alpha value is -1.30. The highest BCUT2D eigenvalue weighted by molar-refractivity contribution is 5.93. The highest BCUT2D eigenvalue weighted by Gasteiger charge is 2.06. The highest BCUT2D eigenvalue weighted by atomic mass is 35.5. The average Bonchev–Trinajstić information content (AvgIpc) is 2.87. The van der Waals surface area contributed by atoms with Crippen molar-refractivity contribution in [2.45, 2.75) is 39.0 Å². The molecule has 0 spiro atoms. The van der Waals surface area contributed by atoms with Crippen LogP contribution in [0, 0.1) is 0 Å². The molecule has 0 saturated carbocycles. The molecule has 0 saturated heterocycles. The summed E-state index contributed by atoms with van der Waals surface area (Å²) in [5.74, 6) is 1.07. The molecule has 2 rings (SSSR count). The number of halogens is 2. The Bertz CT molecular complexity index is 601. The molecule has 0 atom stereocenters. The number of unbranched alkanes of at least 4 members (excludes halogenated alkanes) is 1. The van der Waals surface area contributed by atoms with Crippen molar-refractivity contribution in [1.82, 2.24) is 15.3 Å². The summed E-state index contributed by atoms with van der Waals surface area (Å²) in [6.45, 7) is 3.03. The van der Waals surface area contributed by atoms with E-state index < -0.39 is 0 Å². The van der Waals surface area contributed by atoms with Crippen LogP contribution >= 0.6 is 24.8 Å². The van der Waals surface area contributed by atoms with Crippen molar-refractivity contribution >= 4 is 47.4 Å². The van der Waals surface area contributed by atoms with E-state index >= 15 is 0 Å². The number of carbonyl (C=O) groups is 1. The van der Waals surface area contributed by atoms with Crippen LogP contribution in [0.25, 0.3) is 11.0 Å². The minimum absolute atomic E-state index is 0. The maximum absolute atomic E-state index is 11.8. The minimum Gasteiger partial charge on any atom is -0.342 e. The van der Waals surface area contributed by atoms with Crippen LogP contribution in [0.15, 0.2) is 18.2 Å². The molecule has 1 aromatic carbocycles. The van der Waals surface area contributed by atoms with Crippen LogP contribution < -0.4 is 10.6 Å². The van der Waals surface area contributed by atoms with Crippen LogP contribution in [0.4, 0.5) is 5.69 Å². The fourth-order valence-corrected chi connectivity index (χ4v) is 2.25. The molecule has 130 valence electrons. The molecular formula is C16H26Cl2N4O. The summed E-state index contributed by atoms with van der Waals surface area (Å²) < 4.78 is 0. The first kappa shape index (κ1) is 21.7. The second kappa shape index (κ2) is 11.3. The van der Waals surface area contributed by atoms with Gasteiger partial charge in [0.1, 0.15) is 5.82 Å². The van der Waals surface area contributed by atoms with Gasteiger partial charge in [0.2, 0.25) is 5.91 Å². The number of aryl methyl sites for hydroxylation is 1. The van der Waals surface area contributed by atoms with E-state index in [2.05, 4.69) is 27.5 Å². The van der Waals surface area contributed by atoms with E-state index in [0.29, 0.717) is 6.42 Å². The number of aromatic nitrogens is 2. The van der Waals surface area contributed by atoms with Crippen molar-refractivity contribution in [3.05, 3.63) is 24.0 Å². The molecule has 0 unspecified atom stereocenters. The summed E-state index contributed by atoms with van der Waals surface area (Å²) in [5.41, 5.74) is 2.76. The third-order valence-electron chi connectivity index (χ3n) is 3.41. The van der Waals surface area contributed by atoms with Gasteiger partial charge in [0, 0.05) is 18.5 Å². The second-order valence-electron chi connectivity index (χ2n) is 5.27. The van der Waals surface area contributed by atoms with Gasteiger partial charge in [-0.25, -0.2) is 4.98 Å². The second-order valence-corrected chi connectivity index (χ2v) is 5.27. The third kappa shape index (κ3) is 6.77. The van der Waals surface area contributed by atoms with Gasteiger partial charge in [0.25, 0.3) is 0 Å². The number of H-pyrrole nitrogens is 1. The Kier molecular flexibility index (Phi) is 10.6.